The average molecular weight is 759 g/mol. The van der Waals surface area contributed by atoms with Crippen LogP contribution in [-0.2, 0) is 0 Å². The van der Waals surface area contributed by atoms with E-state index in [2.05, 4.69) is 231 Å². The monoisotopic (exact) mass is 758 g/mol. The number of rotatable bonds is 5. The molecule has 0 aromatic heterocycles. The normalized spacial score (nSPS) is 11.7. The van der Waals surface area contributed by atoms with Gasteiger partial charge in [0.05, 0.1) is 0 Å². The molecule has 0 atom stereocenters. The van der Waals surface area contributed by atoms with E-state index >= 15 is 0 Å². The van der Waals surface area contributed by atoms with Crippen LogP contribution in [0.5, 0.6) is 0 Å². The molecule has 0 heterocycles. The predicted octanol–water partition coefficient (Wildman–Crippen LogP) is 16.9. The van der Waals surface area contributed by atoms with Crippen molar-refractivity contribution >= 4 is 64.6 Å². The van der Waals surface area contributed by atoms with Gasteiger partial charge in [-0.25, -0.2) is 0 Å². The van der Waals surface area contributed by atoms with Crippen LogP contribution in [0.15, 0.2) is 231 Å². The Morgan fingerprint density at radius 1 is 0.167 bits per heavy atom. The molecular formula is C60H38. The third-order valence-corrected chi connectivity index (χ3v) is 12.6. The number of hydrogen-bond acceptors (Lipinski definition) is 0. The van der Waals surface area contributed by atoms with Crippen molar-refractivity contribution in [2.24, 2.45) is 0 Å². The van der Waals surface area contributed by atoms with E-state index in [1.165, 1.54) is 120 Å². The molecule has 0 unspecified atom stereocenters. The first-order valence-corrected chi connectivity index (χ1v) is 20.8. The van der Waals surface area contributed by atoms with Gasteiger partial charge in [0.15, 0.2) is 0 Å². The second-order valence-corrected chi connectivity index (χ2v) is 16.0. The Labute approximate surface area is 349 Å². The van der Waals surface area contributed by atoms with E-state index in [-0.39, 0.29) is 0 Å². The first-order valence-electron chi connectivity index (χ1n) is 20.8. The highest BCUT2D eigenvalue weighted by molar-refractivity contribution is 6.22. The van der Waals surface area contributed by atoms with Crippen LogP contribution in [0, 0.1) is 0 Å². The van der Waals surface area contributed by atoms with E-state index in [0.717, 1.165) is 0 Å². The van der Waals surface area contributed by atoms with Gasteiger partial charge in [0, 0.05) is 0 Å². The fourth-order valence-electron chi connectivity index (χ4n) is 9.87. The van der Waals surface area contributed by atoms with Gasteiger partial charge in [-0.1, -0.05) is 206 Å². The van der Waals surface area contributed by atoms with Gasteiger partial charge in [-0.2, -0.15) is 0 Å². The minimum atomic E-state index is 1.20. The summed E-state index contributed by atoms with van der Waals surface area (Å²) in [5.41, 5.74) is 12.3. The minimum Gasteiger partial charge on any atom is -0.0616 e. The summed E-state index contributed by atoms with van der Waals surface area (Å²) in [6.45, 7) is 0. The summed E-state index contributed by atoms with van der Waals surface area (Å²) < 4.78 is 0. The topological polar surface area (TPSA) is 0 Å². The molecule has 0 heteroatoms. The molecule has 278 valence electrons. The van der Waals surface area contributed by atoms with Crippen molar-refractivity contribution in [3.05, 3.63) is 231 Å². The molecule has 12 aromatic rings. The number of fused-ring (bicyclic) bond motifs is 9. The maximum Gasteiger partial charge on any atom is -0.00201 e. The quantitative estimate of drug-likeness (QED) is 0.153. The molecule has 0 radical (unpaired) electrons. The highest BCUT2D eigenvalue weighted by atomic mass is 14.2. The summed E-state index contributed by atoms with van der Waals surface area (Å²) in [5.74, 6) is 0. The Bertz CT molecular complexity index is 3640. The highest BCUT2D eigenvalue weighted by Crippen LogP contribution is 2.46. The molecule has 60 heavy (non-hydrogen) atoms. The molecule has 0 aliphatic heterocycles. The maximum atomic E-state index is 2.41. The Morgan fingerprint density at radius 3 is 1.00 bits per heavy atom. The largest absolute Gasteiger partial charge is 0.0616 e. The van der Waals surface area contributed by atoms with Crippen LogP contribution in [-0.4, -0.2) is 0 Å². The summed E-state index contributed by atoms with van der Waals surface area (Å²) in [6.07, 6.45) is 0. The Hall–Kier alpha value is -7.80. The van der Waals surface area contributed by atoms with E-state index in [0.29, 0.717) is 0 Å². The lowest BCUT2D eigenvalue weighted by molar-refractivity contribution is 1.59. The molecule has 0 spiro atoms. The lowest BCUT2D eigenvalue weighted by atomic mass is 9.83. The summed E-state index contributed by atoms with van der Waals surface area (Å²) in [4.78, 5) is 0. The van der Waals surface area contributed by atoms with Crippen LogP contribution in [0.3, 0.4) is 0 Å². The second kappa shape index (κ2) is 13.9. The van der Waals surface area contributed by atoms with Crippen LogP contribution in [0.1, 0.15) is 0 Å². The highest BCUT2D eigenvalue weighted by Gasteiger charge is 2.19. The van der Waals surface area contributed by atoms with Gasteiger partial charge >= 0.3 is 0 Å². The average Bonchev–Trinajstić information content (AvgIpc) is 3.33. The molecule has 0 fully saturated rings. The molecular weight excluding hydrogens is 721 g/mol. The van der Waals surface area contributed by atoms with Gasteiger partial charge < -0.3 is 0 Å². The van der Waals surface area contributed by atoms with Gasteiger partial charge in [0.1, 0.15) is 0 Å². The third kappa shape index (κ3) is 5.53. The predicted molar refractivity (Wildman–Crippen MR) is 259 cm³/mol. The lowest BCUT2D eigenvalue weighted by Gasteiger charge is -2.20. The molecule has 0 aliphatic carbocycles. The molecule has 12 rings (SSSR count). The van der Waals surface area contributed by atoms with Crippen molar-refractivity contribution in [1.82, 2.24) is 0 Å². The lowest BCUT2D eigenvalue weighted by Crippen LogP contribution is -1.93. The van der Waals surface area contributed by atoms with Crippen molar-refractivity contribution in [3.8, 4) is 55.6 Å². The molecule has 0 saturated carbocycles. The fourth-order valence-corrected chi connectivity index (χ4v) is 9.87. The smallest absolute Gasteiger partial charge is 0.00201 e. The molecule has 0 N–H and O–H groups in total. The van der Waals surface area contributed by atoms with Gasteiger partial charge in [-0.3, -0.25) is 0 Å². The van der Waals surface area contributed by atoms with Gasteiger partial charge in [-0.05, 0) is 145 Å². The summed E-state index contributed by atoms with van der Waals surface area (Å²) in [7, 11) is 0. The molecule has 0 nitrogen and oxygen atoms in total. The van der Waals surface area contributed by atoms with Crippen molar-refractivity contribution in [1.29, 1.82) is 0 Å². The van der Waals surface area contributed by atoms with E-state index in [9.17, 15) is 0 Å². The van der Waals surface area contributed by atoms with Crippen LogP contribution in [0.2, 0.25) is 0 Å². The van der Waals surface area contributed by atoms with Crippen molar-refractivity contribution in [2.75, 3.05) is 0 Å². The fraction of sp³-hybridized carbons (Fsp3) is 0. The molecule has 0 aliphatic rings. The van der Waals surface area contributed by atoms with E-state index in [4.69, 9.17) is 0 Å². The minimum absolute atomic E-state index is 1.20. The van der Waals surface area contributed by atoms with E-state index in [1.54, 1.807) is 0 Å². The Morgan fingerprint density at radius 2 is 0.500 bits per heavy atom. The van der Waals surface area contributed by atoms with Crippen LogP contribution < -0.4 is 0 Å². The van der Waals surface area contributed by atoms with Crippen LogP contribution in [0.4, 0.5) is 0 Å². The van der Waals surface area contributed by atoms with Gasteiger partial charge in [0.2, 0.25) is 0 Å². The van der Waals surface area contributed by atoms with E-state index in [1.807, 2.05) is 0 Å². The SMILES string of the molecule is c1cc(-c2ccc(-c3c(-c4cccc(-c5cc6ccccc6c6ccccc56)c4)c4ccccc4c4ccccc34)cc2)cc(-c2cc3ccccc3c3ccccc23)c1. The summed E-state index contributed by atoms with van der Waals surface area (Å²) in [5, 5.41) is 15.2. The third-order valence-electron chi connectivity index (χ3n) is 12.6. The standard InChI is InChI=1S/C60H38/c1-3-21-47-44(15-1)37-57(53-27-7-5-23-49(47)53)42-18-13-17-41(35-42)39-31-33-40(34-32-39)59-55-29-11-9-25-51(55)52-26-10-12-30-56(52)60(59)46-20-14-19-43(36-46)58-38-45-16-2-4-22-48(45)50-24-6-8-28-54(50)58/h1-38H. The zero-order chi connectivity index (χ0) is 39.6. The number of benzene rings is 12. The Balaban J connectivity index is 1.02. The van der Waals surface area contributed by atoms with Crippen molar-refractivity contribution in [3.63, 3.8) is 0 Å². The number of hydrogen-bond donors (Lipinski definition) is 0. The molecule has 12 aromatic carbocycles. The van der Waals surface area contributed by atoms with Crippen molar-refractivity contribution in [2.45, 2.75) is 0 Å². The van der Waals surface area contributed by atoms with Crippen LogP contribution >= 0.6 is 0 Å². The summed E-state index contributed by atoms with van der Waals surface area (Å²) in [6, 6.07) is 85.1. The zero-order valence-corrected chi connectivity index (χ0v) is 32.9. The molecule has 0 bridgehead atoms. The van der Waals surface area contributed by atoms with Gasteiger partial charge in [-0.15, -0.1) is 0 Å². The van der Waals surface area contributed by atoms with E-state index < -0.39 is 0 Å². The maximum absolute atomic E-state index is 2.41. The summed E-state index contributed by atoms with van der Waals surface area (Å²) >= 11 is 0. The first-order chi connectivity index (χ1) is 29.8. The van der Waals surface area contributed by atoms with Crippen molar-refractivity contribution < 1.29 is 0 Å². The zero-order valence-electron chi connectivity index (χ0n) is 32.9. The molecule has 0 amide bonds. The first kappa shape index (κ1) is 34.3. The van der Waals surface area contributed by atoms with Gasteiger partial charge in [0.25, 0.3) is 0 Å². The second-order valence-electron chi connectivity index (χ2n) is 16.0. The van der Waals surface area contributed by atoms with Crippen LogP contribution in [0.25, 0.3) is 120 Å². The molecule has 0 saturated heterocycles. The Kier molecular flexibility index (Phi) is 7.96.